The predicted molar refractivity (Wildman–Crippen MR) is 153 cm³/mol. The number of carbonyl (C=O) groups excluding carboxylic acids is 1. The number of aromatic nitrogens is 1. The summed E-state index contributed by atoms with van der Waals surface area (Å²) in [5.74, 6) is -0.566. The minimum atomic E-state index is -3.77. The summed E-state index contributed by atoms with van der Waals surface area (Å²) >= 11 is 6.22. The summed E-state index contributed by atoms with van der Waals surface area (Å²) < 4.78 is 40.2. The van der Waals surface area contributed by atoms with Crippen molar-refractivity contribution in [3.63, 3.8) is 0 Å². The fourth-order valence-electron chi connectivity index (χ4n) is 5.18. The first-order valence-corrected chi connectivity index (χ1v) is 14.6. The van der Waals surface area contributed by atoms with Crippen LogP contribution in [0.15, 0.2) is 41.8 Å². The van der Waals surface area contributed by atoms with Crippen LogP contribution in [0.3, 0.4) is 0 Å². The monoisotopic (exact) mass is 558 g/mol. The molecule has 7 nitrogen and oxygen atoms in total. The van der Waals surface area contributed by atoms with Gasteiger partial charge >= 0.3 is 5.97 Å². The Hall–Kier alpha value is -2.81. The topological polar surface area (TPSA) is 88.7 Å². The Kier molecular flexibility index (Phi) is 7.72. The average molecular weight is 559 g/mol. The van der Waals surface area contributed by atoms with Gasteiger partial charge in [0.25, 0.3) is 10.0 Å². The zero-order valence-electron chi connectivity index (χ0n) is 22.9. The van der Waals surface area contributed by atoms with Crippen molar-refractivity contribution in [2.24, 2.45) is 0 Å². The highest BCUT2D eigenvalue weighted by molar-refractivity contribution is 7.95. The second-order valence-electron chi connectivity index (χ2n) is 10.7. The highest BCUT2D eigenvalue weighted by Gasteiger charge is 2.39. The molecule has 2 atom stereocenters. The molecule has 204 valence electrons. The summed E-state index contributed by atoms with van der Waals surface area (Å²) in [7, 11) is -2.45. The Bertz CT molecular complexity index is 1500. The number of ether oxygens (including phenoxy) is 2. The van der Waals surface area contributed by atoms with Gasteiger partial charge in [0, 0.05) is 33.1 Å². The van der Waals surface area contributed by atoms with Crippen molar-refractivity contribution in [1.82, 2.24) is 4.98 Å². The molecule has 0 saturated heterocycles. The maximum absolute atomic E-state index is 13.5. The normalized spacial score (nSPS) is 18.1. The lowest BCUT2D eigenvalue weighted by Gasteiger charge is -2.36. The van der Waals surface area contributed by atoms with Gasteiger partial charge < -0.3 is 14.5 Å². The lowest BCUT2D eigenvalue weighted by atomic mass is 9.87. The number of esters is 1. The summed E-state index contributed by atoms with van der Waals surface area (Å²) in [6, 6.07) is 9.07. The molecule has 4 rings (SSSR count). The van der Waals surface area contributed by atoms with Crippen LogP contribution in [-0.2, 0) is 24.3 Å². The van der Waals surface area contributed by atoms with E-state index in [1.165, 1.54) is 16.8 Å². The van der Waals surface area contributed by atoms with Crippen LogP contribution in [0.1, 0.15) is 63.5 Å². The Morgan fingerprint density at radius 1 is 1.21 bits per heavy atom. The molecule has 9 heteroatoms. The van der Waals surface area contributed by atoms with Gasteiger partial charge in [0.2, 0.25) is 0 Å². The van der Waals surface area contributed by atoms with Gasteiger partial charge in [-0.05, 0) is 82.3 Å². The molecule has 0 amide bonds. The molecule has 0 radical (unpaired) electrons. The molecule has 0 bridgehead atoms. The molecule has 3 aromatic rings. The van der Waals surface area contributed by atoms with Crippen molar-refractivity contribution < 1.29 is 22.7 Å². The number of nitrogens with one attached hydrogen (secondary N) is 1. The first kappa shape index (κ1) is 28.2. The number of fused-ring (bicyclic) bond motifs is 1. The zero-order chi connectivity index (χ0) is 28.0. The van der Waals surface area contributed by atoms with Crippen molar-refractivity contribution in [3.05, 3.63) is 63.7 Å². The van der Waals surface area contributed by atoms with E-state index in [0.29, 0.717) is 40.2 Å². The van der Waals surface area contributed by atoms with Gasteiger partial charge in [-0.3, -0.25) is 4.31 Å². The number of H-pyrrole nitrogens is 1. The van der Waals surface area contributed by atoms with E-state index in [9.17, 15) is 13.2 Å². The second kappa shape index (κ2) is 10.4. The second-order valence-corrected chi connectivity index (χ2v) is 12.8. The van der Waals surface area contributed by atoms with E-state index in [0.717, 1.165) is 22.2 Å². The number of benzene rings is 2. The minimum absolute atomic E-state index is 0.273. The molecule has 1 aliphatic rings. The number of carbonyl (C=O) groups is 1. The van der Waals surface area contributed by atoms with Gasteiger partial charge in [0.05, 0.1) is 23.9 Å². The van der Waals surface area contributed by atoms with E-state index < -0.39 is 27.7 Å². The quantitative estimate of drug-likeness (QED) is 0.330. The molecule has 0 saturated carbocycles. The van der Waals surface area contributed by atoms with E-state index in [-0.39, 0.29) is 6.04 Å². The third-order valence-electron chi connectivity index (χ3n) is 6.74. The van der Waals surface area contributed by atoms with Crippen LogP contribution in [0.25, 0.3) is 22.0 Å². The summed E-state index contributed by atoms with van der Waals surface area (Å²) in [4.78, 5) is 16.8. The maximum Gasteiger partial charge on any atom is 0.339 e. The number of sulfonamides is 1. The number of aromatic amines is 1. The first-order chi connectivity index (χ1) is 17.8. The molecule has 1 N–H and O–H groups in total. The fourth-order valence-corrected chi connectivity index (χ4v) is 6.93. The van der Waals surface area contributed by atoms with E-state index >= 15 is 0 Å². The SMILES string of the molecule is CC[C@@H]1CC=CS(=O)(=O)N1c1c(C)c([C@H](OC(C)(C)C)C(=O)OC)c(-c2ccc(Cl)cc2)c2cc(C)[nH]c12. The van der Waals surface area contributed by atoms with Crippen LogP contribution in [0.5, 0.6) is 0 Å². The molecule has 1 aliphatic heterocycles. The maximum atomic E-state index is 13.5. The molecule has 2 heterocycles. The van der Waals surface area contributed by atoms with Gasteiger partial charge in [0.15, 0.2) is 6.10 Å². The minimum Gasteiger partial charge on any atom is -0.467 e. The fraction of sp³-hybridized carbons (Fsp3) is 0.414. The lowest BCUT2D eigenvalue weighted by Crippen LogP contribution is -2.42. The summed E-state index contributed by atoms with van der Waals surface area (Å²) in [6.45, 7) is 11.4. The summed E-state index contributed by atoms with van der Waals surface area (Å²) in [5, 5.41) is 2.63. The number of anilines is 1. The van der Waals surface area contributed by atoms with Gasteiger partial charge in [-0.1, -0.05) is 36.7 Å². The molecule has 0 spiro atoms. The molecular weight excluding hydrogens is 524 g/mol. The number of rotatable bonds is 6. The number of nitrogens with zero attached hydrogens (tertiary/aromatic N) is 1. The molecule has 1 aromatic heterocycles. The standard InChI is InChI=1S/C29H35ClN2O5S/c1-8-21-10-9-15-38(34,35)32(21)26-18(3)23(27(28(33)36-7)37-29(4,5)6)24(19-11-13-20(30)14-12-19)22-16-17(2)31-25(22)26/h9,11-16,21,27,31H,8,10H2,1-7H3/t21-,27+/m1/s1. The van der Waals surface area contributed by atoms with Crippen LogP contribution in [0.2, 0.25) is 5.02 Å². The highest BCUT2D eigenvalue weighted by Crippen LogP contribution is 2.48. The van der Waals surface area contributed by atoms with Crippen molar-refractivity contribution in [2.45, 2.75) is 72.1 Å². The molecule has 0 unspecified atom stereocenters. The largest absolute Gasteiger partial charge is 0.467 e. The summed E-state index contributed by atoms with van der Waals surface area (Å²) in [5.41, 5.74) is 4.14. The number of halogens is 1. The van der Waals surface area contributed by atoms with Crippen LogP contribution in [0.4, 0.5) is 5.69 Å². The van der Waals surface area contributed by atoms with Gasteiger partial charge in [0.1, 0.15) is 0 Å². The van der Waals surface area contributed by atoms with E-state index in [2.05, 4.69) is 4.98 Å². The van der Waals surface area contributed by atoms with E-state index in [1.807, 2.05) is 59.7 Å². The number of aryl methyl sites for hydroxylation is 1. The van der Waals surface area contributed by atoms with Crippen molar-refractivity contribution in [2.75, 3.05) is 11.4 Å². The predicted octanol–water partition coefficient (Wildman–Crippen LogP) is 6.97. The van der Waals surface area contributed by atoms with Gasteiger partial charge in [-0.25, -0.2) is 13.2 Å². The Morgan fingerprint density at radius 2 is 1.87 bits per heavy atom. The van der Waals surface area contributed by atoms with Crippen LogP contribution in [0, 0.1) is 13.8 Å². The Balaban J connectivity index is 2.20. The zero-order valence-corrected chi connectivity index (χ0v) is 24.5. The van der Waals surface area contributed by atoms with Crippen LogP contribution >= 0.6 is 11.6 Å². The Morgan fingerprint density at radius 3 is 2.45 bits per heavy atom. The number of hydrogen-bond acceptors (Lipinski definition) is 5. The van der Waals surface area contributed by atoms with Crippen molar-refractivity contribution >= 4 is 44.2 Å². The van der Waals surface area contributed by atoms with Crippen LogP contribution < -0.4 is 4.31 Å². The third kappa shape index (κ3) is 5.22. The molecule has 0 fully saturated rings. The molecule has 0 aliphatic carbocycles. The number of hydrogen-bond donors (Lipinski definition) is 1. The molecule has 2 aromatic carbocycles. The van der Waals surface area contributed by atoms with E-state index in [1.54, 1.807) is 18.2 Å². The summed E-state index contributed by atoms with van der Waals surface area (Å²) in [6.07, 6.45) is 1.81. The molecular formula is C29H35ClN2O5S. The first-order valence-electron chi connectivity index (χ1n) is 12.7. The average Bonchev–Trinajstić information content (AvgIpc) is 3.22. The molecule has 38 heavy (non-hydrogen) atoms. The van der Waals surface area contributed by atoms with E-state index in [4.69, 9.17) is 21.1 Å². The smallest absolute Gasteiger partial charge is 0.339 e. The van der Waals surface area contributed by atoms with Crippen molar-refractivity contribution in [1.29, 1.82) is 0 Å². The van der Waals surface area contributed by atoms with Gasteiger partial charge in [-0.2, -0.15) is 0 Å². The highest BCUT2D eigenvalue weighted by atomic mass is 35.5. The lowest BCUT2D eigenvalue weighted by molar-refractivity contribution is -0.164. The van der Waals surface area contributed by atoms with Gasteiger partial charge in [-0.15, -0.1) is 0 Å². The van der Waals surface area contributed by atoms with Crippen molar-refractivity contribution in [3.8, 4) is 11.1 Å². The number of methoxy groups -OCH3 is 1. The Labute approximate surface area is 229 Å². The third-order valence-corrected chi connectivity index (χ3v) is 8.56. The van der Waals surface area contributed by atoms with Crippen LogP contribution in [-0.4, -0.2) is 38.1 Å².